The normalized spacial score (nSPS) is 20.8. The van der Waals surface area contributed by atoms with Gasteiger partial charge in [-0.25, -0.2) is 14.3 Å². The summed E-state index contributed by atoms with van der Waals surface area (Å²) in [5.41, 5.74) is 3.30. The molecule has 90 valence electrons. The van der Waals surface area contributed by atoms with Crippen molar-refractivity contribution in [1.29, 1.82) is 0 Å². The van der Waals surface area contributed by atoms with Crippen molar-refractivity contribution < 1.29 is 8.42 Å². The van der Waals surface area contributed by atoms with Crippen LogP contribution < -0.4 is 11.3 Å². The van der Waals surface area contributed by atoms with Gasteiger partial charge in [0.25, 0.3) is 0 Å². The van der Waals surface area contributed by atoms with E-state index in [4.69, 9.17) is 5.84 Å². The van der Waals surface area contributed by atoms with E-state index in [1.165, 1.54) is 11.5 Å². The molecule has 1 aromatic heterocycles. The predicted octanol–water partition coefficient (Wildman–Crippen LogP) is -0.946. The molecule has 0 radical (unpaired) electrons. The van der Waals surface area contributed by atoms with Gasteiger partial charge in [-0.1, -0.05) is 4.49 Å². The van der Waals surface area contributed by atoms with Crippen LogP contribution in [0.1, 0.15) is 5.69 Å². The molecule has 7 nitrogen and oxygen atoms in total. The second-order valence-corrected chi connectivity index (χ2v) is 6.68. The summed E-state index contributed by atoms with van der Waals surface area (Å²) in [4.78, 5) is 2.04. The third kappa shape index (κ3) is 2.67. The van der Waals surface area contributed by atoms with Crippen molar-refractivity contribution in [3.8, 4) is 0 Å². The lowest BCUT2D eigenvalue weighted by molar-refractivity contribution is 0.284. The van der Waals surface area contributed by atoms with E-state index in [1.807, 2.05) is 4.90 Å². The van der Waals surface area contributed by atoms with Crippen molar-refractivity contribution in [1.82, 2.24) is 14.5 Å². The number of nitrogens with one attached hydrogen (secondary N) is 1. The van der Waals surface area contributed by atoms with Gasteiger partial charge >= 0.3 is 0 Å². The lowest BCUT2D eigenvalue weighted by Gasteiger charge is -2.25. The average molecular weight is 263 g/mol. The molecule has 3 N–H and O–H groups in total. The Hall–Kier alpha value is -0.770. The minimum atomic E-state index is -2.83. The molecule has 9 heteroatoms. The Balaban J connectivity index is 1.97. The summed E-state index contributed by atoms with van der Waals surface area (Å²) in [6.45, 7) is 1.68. The van der Waals surface area contributed by atoms with Crippen molar-refractivity contribution in [2.45, 2.75) is 6.54 Å². The molecule has 0 saturated carbocycles. The number of nitrogens with zero attached hydrogens (tertiary/aromatic N) is 3. The third-order valence-corrected chi connectivity index (χ3v) is 4.81. The number of aromatic nitrogens is 2. The highest BCUT2D eigenvalue weighted by Gasteiger charge is 2.22. The monoisotopic (exact) mass is 263 g/mol. The van der Waals surface area contributed by atoms with E-state index in [0.29, 0.717) is 19.6 Å². The summed E-state index contributed by atoms with van der Waals surface area (Å²) in [7, 11) is -2.83. The van der Waals surface area contributed by atoms with E-state index in [2.05, 4.69) is 15.0 Å². The first kappa shape index (κ1) is 11.7. The summed E-state index contributed by atoms with van der Waals surface area (Å²) >= 11 is 1.20. The molecular weight excluding hydrogens is 250 g/mol. The highest BCUT2D eigenvalue weighted by Crippen LogP contribution is 2.18. The third-order valence-electron chi connectivity index (χ3n) is 2.50. The molecule has 1 fully saturated rings. The van der Waals surface area contributed by atoms with Crippen LogP contribution in [0.2, 0.25) is 0 Å². The van der Waals surface area contributed by atoms with Gasteiger partial charge in [-0.2, -0.15) is 0 Å². The summed E-state index contributed by atoms with van der Waals surface area (Å²) < 4.78 is 26.3. The summed E-state index contributed by atoms with van der Waals surface area (Å²) in [5.74, 6) is 5.75. The Bertz CT molecular complexity index is 443. The Morgan fingerprint density at radius 2 is 2.12 bits per heavy atom. The predicted molar refractivity (Wildman–Crippen MR) is 61.6 cm³/mol. The summed E-state index contributed by atoms with van der Waals surface area (Å²) in [6.07, 6.45) is 0. The topological polar surface area (TPSA) is 101 Å². The number of rotatable bonds is 3. The second-order valence-electron chi connectivity index (χ2n) is 3.62. The minimum absolute atomic E-state index is 0.218. The van der Waals surface area contributed by atoms with E-state index in [9.17, 15) is 8.42 Å². The number of nitrogens with two attached hydrogens (primary N) is 1. The Morgan fingerprint density at radius 3 is 2.75 bits per heavy atom. The lowest BCUT2D eigenvalue weighted by atomic mass is 10.4. The molecule has 16 heavy (non-hydrogen) atoms. The number of hydrazine groups is 1. The SMILES string of the molecule is NNc1snnc1CN1CCS(=O)(=O)CC1. The number of hydrogen-bond donors (Lipinski definition) is 2. The van der Waals surface area contributed by atoms with Crippen LogP contribution in [0, 0.1) is 0 Å². The van der Waals surface area contributed by atoms with Crippen LogP contribution in [-0.4, -0.2) is 47.5 Å². The summed E-state index contributed by atoms with van der Waals surface area (Å²) in [6, 6.07) is 0. The second kappa shape index (κ2) is 4.62. The molecule has 2 heterocycles. The first-order valence-corrected chi connectivity index (χ1v) is 7.41. The van der Waals surface area contributed by atoms with Crippen molar-refractivity contribution >= 4 is 26.4 Å². The fourth-order valence-electron chi connectivity index (χ4n) is 1.54. The Labute approximate surface area is 97.7 Å². The number of anilines is 1. The molecular formula is C7H13N5O2S2. The minimum Gasteiger partial charge on any atom is -0.313 e. The smallest absolute Gasteiger partial charge is 0.152 e. The van der Waals surface area contributed by atoms with Crippen molar-refractivity contribution in [2.24, 2.45) is 5.84 Å². The quantitative estimate of drug-likeness (QED) is 0.536. The Kier molecular flexibility index (Phi) is 3.38. The zero-order chi connectivity index (χ0) is 11.6. The molecule has 0 bridgehead atoms. The van der Waals surface area contributed by atoms with Crippen LogP contribution in [0.4, 0.5) is 5.00 Å². The zero-order valence-electron chi connectivity index (χ0n) is 8.59. The van der Waals surface area contributed by atoms with Crippen molar-refractivity contribution in [3.05, 3.63) is 5.69 Å². The molecule has 0 spiro atoms. The van der Waals surface area contributed by atoms with Gasteiger partial charge in [0.05, 0.1) is 11.5 Å². The maximum Gasteiger partial charge on any atom is 0.152 e. The fraction of sp³-hybridized carbons (Fsp3) is 0.714. The fourth-order valence-corrected chi connectivity index (χ4v) is 3.30. The van der Waals surface area contributed by atoms with E-state index in [0.717, 1.165) is 10.7 Å². The van der Waals surface area contributed by atoms with Gasteiger partial charge in [-0.3, -0.25) is 4.90 Å². The number of sulfone groups is 1. The van der Waals surface area contributed by atoms with E-state index in [1.54, 1.807) is 0 Å². The van der Waals surface area contributed by atoms with Crippen LogP contribution in [0.25, 0.3) is 0 Å². The molecule has 1 aromatic rings. The van der Waals surface area contributed by atoms with Crippen molar-refractivity contribution in [2.75, 3.05) is 30.0 Å². The van der Waals surface area contributed by atoms with Crippen LogP contribution in [0.15, 0.2) is 0 Å². The van der Waals surface area contributed by atoms with Gasteiger partial charge in [0.2, 0.25) is 0 Å². The zero-order valence-corrected chi connectivity index (χ0v) is 10.2. The van der Waals surface area contributed by atoms with E-state index >= 15 is 0 Å². The molecule has 1 aliphatic rings. The van der Waals surface area contributed by atoms with Crippen molar-refractivity contribution in [3.63, 3.8) is 0 Å². The van der Waals surface area contributed by atoms with Gasteiger partial charge in [-0.15, -0.1) is 5.10 Å². The highest BCUT2D eigenvalue weighted by atomic mass is 32.2. The lowest BCUT2D eigenvalue weighted by Crippen LogP contribution is -2.39. The van der Waals surface area contributed by atoms with Gasteiger partial charge in [0, 0.05) is 31.2 Å². The van der Waals surface area contributed by atoms with E-state index < -0.39 is 9.84 Å². The van der Waals surface area contributed by atoms with Gasteiger partial charge in [0.15, 0.2) is 9.84 Å². The van der Waals surface area contributed by atoms with Gasteiger partial charge in [0.1, 0.15) is 10.7 Å². The van der Waals surface area contributed by atoms with Crippen LogP contribution in [0.3, 0.4) is 0 Å². The number of hydrogen-bond acceptors (Lipinski definition) is 8. The molecule has 0 atom stereocenters. The van der Waals surface area contributed by atoms with Crippen LogP contribution >= 0.6 is 11.5 Å². The molecule has 1 aliphatic heterocycles. The van der Waals surface area contributed by atoms with E-state index in [-0.39, 0.29) is 11.5 Å². The number of nitrogen functional groups attached to an aromatic ring is 1. The standard InChI is InChI=1S/C7H13N5O2S2/c8-9-7-6(10-11-15-7)5-12-1-3-16(13,14)4-2-12/h9H,1-5,8H2. The first-order valence-electron chi connectivity index (χ1n) is 4.81. The molecule has 2 rings (SSSR count). The van der Waals surface area contributed by atoms with Gasteiger partial charge < -0.3 is 5.43 Å². The molecule has 0 aromatic carbocycles. The Morgan fingerprint density at radius 1 is 1.44 bits per heavy atom. The first-order chi connectivity index (χ1) is 7.61. The van der Waals surface area contributed by atoms with Crippen LogP contribution in [0.5, 0.6) is 0 Å². The van der Waals surface area contributed by atoms with Gasteiger partial charge in [-0.05, 0) is 0 Å². The maximum absolute atomic E-state index is 11.2. The van der Waals surface area contributed by atoms with Crippen LogP contribution in [-0.2, 0) is 16.4 Å². The largest absolute Gasteiger partial charge is 0.313 e. The molecule has 1 saturated heterocycles. The molecule has 0 aliphatic carbocycles. The highest BCUT2D eigenvalue weighted by molar-refractivity contribution is 7.91. The maximum atomic E-state index is 11.2. The molecule has 0 amide bonds. The molecule has 0 unspecified atom stereocenters. The average Bonchev–Trinajstić information content (AvgIpc) is 2.68. The summed E-state index contributed by atoms with van der Waals surface area (Å²) in [5, 5.41) is 4.68.